The predicted octanol–water partition coefficient (Wildman–Crippen LogP) is -4.20. The van der Waals surface area contributed by atoms with E-state index in [2.05, 4.69) is 53.2 Å². The summed E-state index contributed by atoms with van der Waals surface area (Å²) < 4.78 is 21.4. The summed E-state index contributed by atoms with van der Waals surface area (Å²) in [5.41, 5.74) is 16.1. The van der Waals surface area contributed by atoms with Gasteiger partial charge in [0, 0.05) is 45.8 Å². The second-order valence-corrected chi connectivity index (χ2v) is 22.2. The average molecular weight is 1350 g/mol. The molecule has 0 aliphatic rings. The molecule has 0 saturated heterocycles. The molecule has 0 spiro atoms. The third-order valence-electron chi connectivity index (χ3n) is 14.3. The topological polar surface area (TPSA) is 538 Å². The minimum absolute atomic E-state index is 0.00957. The van der Waals surface area contributed by atoms with Gasteiger partial charge in [0.05, 0.1) is 66.0 Å². The number of carboxylic acids is 1. The number of primary amides is 2. The first-order valence-corrected chi connectivity index (χ1v) is 32.6. The van der Waals surface area contributed by atoms with E-state index in [0.717, 1.165) is 38.5 Å². The number of carboxylic acid groups (broad SMARTS) is 1. The molecule has 0 aliphatic heterocycles. The molecule has 6 atom stereocenters. The number of carbonyl (C=O) groups excluding carboxylic acids is 12. The van der Waals surface area contributed by atoms with Crippen LogP contribution in [0.4, 0.5) is 0 Å². The molecule has 0 fully saturated rings. The van der Waals surface area contributed by atoms with Crippen LogP contribution in [0.5, 0.6) is 0 Å². The monoisotopic (exact) mass is 1350 g/mol. The van der Waals surface area contributed by atoms with Crippen LogP contribution in [-0.4, -0.2) is 239 Å². The average Bonchev–Trinajstić information content (AvgIpc) is 0.987. The zero-order chi connectivity index (χ0) is 70.2. The number of likely N-dealkylation sites (N-methyl/N-ethyl adjacent to an activating group) is 1. The maximum Gasteiger partial charge on any atom is 0.303 e. The predicted molar refractivity (Wildman–Crippen MR) is 340 cm³/mol. The molecule has 0 bridgehead atoms. The van der Waals surface area contributed by atoms with Gasteiger partial charge in [0.25, 0.3) is 0 Å². The summed E-state index contributed by atoms with van der Waals surface area (Å²) in [7, 11) is 1.25. The lowest BCUT2D eigenvalue weighted by atomic mass is 10.0. The maximum absolute atomic E-state index is 13.6. The van der Waals surface area contributed by atoms with Gasteiger partial charge >= 0.3 is 5.97 Å². The van der Waals surface area contributed by atoms with Crippen LogP contribution in [0.2, 0.25) is 0 Å². The van der Waals surface area contributed by atoms with E-state index in [-0.39, 0.29) is 90.2 Å². The van der Waals surface area contributed by atoms with Crippen molar-refractivity contribution in [2.75, 3.05) is 106 Å². The first-order chi connectivity index (χ1) is 45.1. The van der Waals surface area contributed by atoms with Gasteiger partial charge in [0.2, 0.25) is 70.9 Å². The molecule has 0 saturated carbocycles. The summed E-state index contributed by atoms with van der Waals surface area (Å²) in [4.78, 5) is 162. The third-order valence-corrected chi connectivity index (χ3v) is 14.3. The first kappa shape index (κ1) is 86.8. The molecule has 0 aliphatic carbocycles. The van der Waals surface area contributed by atoms with Crippen LogP contribution < -0.4 is 70.4 Å². The Balaban J connectivity index is 4.60. The van der Waals surface area contributed by atoms with Gasteiger partial charge in [-0.25, -0.2) is 0 Å². The standard InChI is InChI=1S/C60H109N13O21/c1-64-55(85)45(37-74)72-57(87)43(23-25-48(62)77)70-56(86)42(20-18-19-27-61)69-60(90)47(39-76)73-58(88)44(24-26-49(63)78)71-59(89)46(38-75)68-51(80)36-67-53(82)41-94-35-33-92-31-29-66-52(81)40-93-34-32-91-30-28-65-50(79)21-16-14-12-10-8-6-4-2-3-5-7-9-11-13-15-17-22-54(83)84/h42-47,74-76H,2-41,61H2,1H3,(H2,62,77)(H2,63,78)(H,64,85)(H,65,79)(H,66,81)(H,67,82)(H,68,80)(H,69,90)(H,70,86)(H,71,89)(H,72,87)(H,73,88)(H,83,84)/t42-,43+,44+,45+,46-,47+/m1/s1. The maximum atomic E-state index is 13.6. The van der Waals surface area contributed by atoms with Crippen LogP contribution in [0.1, 0.15) is 161 Å². The summed E-state index contributed by atoms with van der Waals surface area (Å²) in [6.45, 7) is -2.81. The van der Waals surface area contributed by atoms with Crippen LogP contribution in [-0.2, 0) is 81.3 Å². The van der Waals surface area contributed by atoms with Gasteiger partial charge in [0.1, 0.15) is 49.5 Å². The molecule has 20 N–H and O–H groups in total. The fourth-order valence-electron chi connectivity index (χ4n) is 8.94. The molecule has 0 unspecified atom stereocenters. The van der Waals surface area contributed by atoms with Crippen molar-refractivity contribution in [1.82, 2.24) is 53.2 Å². The van der Waals surface area contributed by atoms with E-state index in [9.17, 15) is 77.6 Å². The number of aliphatic hydroxyl groups excluding tert-OH is 3. The molecule has 34 heteroatoms. The van der Waals surface area contributed by atoms with Crippen molar-refractivity contribution in [3.8, 4) is 0 Å². The molecule has 34 nitrogen and oxygen atoms in total. The van der Waals surface area contributed by atoms with E-state index in [1.807, 2.05) is 0 Å². The first-order valence-electron chi connectivity index (χ1n) is 32.6. The van der Waals surface area contributed by atoms with Crippen molar-refractivity contribution in [1.29, 1.82) is 0 Å². The Kier molecular flexibility index (Phi) is 52.9. The highest BCUT2D eigenvalue weighted by atomic mass is 16.5. The SMILES string of the molecule is CNC(=O)[C@H](CO)NC(=O)[C@H](CCC(N)=O)NC(=O)[C@@H](CCCCN)NC(=O)[C@H](CO)NC(=O)[C@H](CCC(N)=O)NC(=O)[C@@H](CO)NC(=O)CNC(=O)COCCOCCNC(=O)COCCOCCNC(=O)CCCCCCCCCCCCCCCCCCC(=O)O. The number of carbonyl (C=O) groups is 13. The molecule has 0 rings (SSSR count). The fraction of sp³-hybridized carbons (Fsp3) is 0.783. The lowest BCUT2D eigenvalue weighted by molar-refractivity contribution is -0.137. The van der Waals surface area contributed by atoms with Crippen LogP contribution in [0.15, 0.2) is 0 Å². The number of aliphatic hydroxyl groups is 3. The van der Waals surface area contributed by atoms with Gasteiger partial charge in [-0.05, 0) is 51.5 Å². The van der Waals surface area contributed by atoms with E-state index in [0.29, 0.717) is 26.0 Å². The Hall–Kier alpha value is -7.21. The number of hydrogen-bond donors (Lipinski definition) is 17. The van der Waals surface area contributed by atoms with Crippen LogP contribution in [0, 0.1) is 0 Å². The molecule has 12 amide bonds. The van der Waals surface area contributed by atoms with Gasteiger partial charge in [-0.2, -0.15) is 0 Å². The summed E-state index contributed by atoms with van der Waals surface area (Å²) in [5.74, 6) is -10.8. The number of nitrogens with one attached hydrogen (secondary N) is 10. The lowest BCUT2D eigenvalue weighted by Gasteiger charge is -2.27. The summed E-state index contributed by atoms with van der Waals surface area (Å²) in [6, 6.07) is -9.68. The number of amides is 12. The highest BCUT2D eigenvalue weighted by molar-refractivity contribution is 5.97. The molecular weight excluding hydrogens is 1240 g/mol. The Bertz CT molecular complexity index is 2240. The number of unbranched alkanes of at least 4 members (excludes halogenated alkanes) is 16. The lowest BCUT2D eigenvalue weighted by Crippen LogP contribution is -2.60. The number of aliphatic carboxylic acids is 1. The van der Waals surface area contributed by atoms with Crippen LogP contribution in [0.25, 0.3) is 0 Å². The van der Waals surface area contributed by atoms with E-state index in [1.165, 1.54) is 71.3 Å². The largest absolute Gasteiger partial charge is 0.481 e. The Labute approximate surface area is 550 Å². The second kappa shape index (κ2) is 57.3. The normalized spacial score (nSPS) is 12.9. The molecule has 0 radical (unpaired) electrons. The van der Waals surface area contributed by atoms with Crippen molar-refractivity contribution in [2.45, 2.75) is 197 Å². The van der Waals surface area contributed by atoms with Gasteiger partial charge < -0.3 is 110 Å². The number of ether oxygens (including phenoxy) is 4. The minimum Gasteiger partial charge on any atom is -0.481 e. The van der Waals surface area contributed by atoms with Gasteiger partial charge in [-0.15, -0.1) is 0 Å². The Morgan fingerprint density at radius 1 is 0.351 bits per heavy atom. The zero-order valence-electron chi connectivity index (χ0n) is 54.7. The molecular formula is C60H109N13O21. The quantitative estimate of drug-likeness (QED) is 0.0257. The Morgan fingerprint density at radius 2 is 0.691 bits per heavy atom. The second-order valence-electron chi connectivity index (χ2n) is 22.2. The summed E-state index contributed by atoms with van der Waals surface area (Å²) in [6.07, 6.45) is 17.9. The van der Waals surface area contributed by atoms with Crippen molar-refractivity contribution >= 4 is 76.9 Å². The summed E-state index contributed by atoms with van der Waals surface area (Å²) in [5, 5.41) is 62.0. The molecule has 0 heterocycles. The molecule has 0 aromatic heterocycles. The highest BCUT2D eigenvalue weighted by Crippen LogP contribution is 2.15. The van der Waals surface area contributed by atoms with E-state index < -0.39 is 154 Å². The third kappa shape index (κ3) is 47.6. The smallest absolute Gasteiger partial charge is 0.303 e. The van der Waals surface area contributed by atoms with Gasteiger partial charge in [-0.3, -0.25) is 62.3 Å². The van der Waals surface area contributed by atoms with E-state index >= 15 is 0 Å². The number of nitrogens with two attached hydrogens (primary N) is 3. The van der Waals surface area contributed by atoms with E-state index in [1.54, 1.807) is 0 Å². The highest BCUT2D eigenvalue weighted by Gasteiger charge is 2.33. The van der Waals surface area contributed by atoms with Gasteiger partial charge in [0.15, 0.2) is 0 Å². The molecule has 0 aromatic carbocycles. The van der Waals surface area contributed by atoms with Crippen molar-refractivity contribution in [2.24, 2.45) is 17.2 Å². The zero-order valence-corrected chi connectivity index (χ0v) is 54.7. The van der Waals surface area contributed by atoms with Crippen LogP contribution in [0.3, 0.4) is 0 Å². The molecule has 540 valence electrons. The van der Waals surface area contributed by atoms with Crippen molar-refractivity contribution in [3.05, 3.63) is 0 Å². The van der Waals surface area contributed by atoms with Crippen molar-refractivity contribution < 1.29 is 102 Å². The Morgan fingerprint density at radius 3 is 1.09 bits per heavy atom. The van der Waals surface area contributed by atoms with E-state index in [4.69, 9.17) is 41.3 Å². The summed E-state index contributed by atoms with van der Waals surface area (Å²) >= 11 is 0. The molecule has 94 heavy (non-hydrogen) atoms. The number of rotatable bonds is 62. The number of hydrogen-bond acceptors (Lipinski definition) is 21. The van der Waals surface area contributed by atoms with Crippen molar-refractivity contribution in [3.63, 3.8) is 0 Å². The minimum atomic E-state index is -1.83. The molecule has 0 aromatic rings. The fourth-order valence-corrected chi connectivity index (χ4v) is 8.94. The van der Waals surface area contributed by atoms with Crippen LogP contribution >= 0.6 is 0 Å². The van der Waals surface area contributed by atoms with Gasteiger partial charge in [-0.1, -0.05) is 89.9 Å².